The summed E-state index contributed by atoms with van der Waals surface area (Å²) in [7, 11) is 0. The van der Waals surface area contributed by atoms with E-state index in [1.54, 1.807) is 20.8 Å². The van der Waals surface area contributed by atoms with Crippen molar-refractivity contribution in [3.8, 4) is 5.69 Å². The summed E-state index contributed by atoms with van der Waals surface area (Å²) in [4.78, 5) is 42.6. The highest BCUT2D eigenvalue weighted by Gasteiger charge is 2.24. The zero-order valence-corrected chi connectivity index (χ0v) is 17.4. The van der Waals surface area contributed by atoms with Gasteiger partial charge in [0.05, 0.1) is 18.6 Å². The molecule has 3 rings (SSSR count). The van der Waals surface area contributed by atoms with Crippen molar-refractivity contribution >= 4 is 17.1 Å². The predicted octanol–water partition coefficient (Wildman–Crippen LogP) is 2.62. The molecular formula is C21H26N4O4. The third-order valence-corrected chi connectivity index (χ3v) is 5.04. The van der Waals surface area contributed by atoms with Gasteiger partial charge in [0.15, 0.2) is 11.2 Å². The molecule has 0 radical (unpaired) electrons. The number of ether oxygens (including phenoxy) is 1. The lowest BCUT2D eigenvalue weighted by molar-refractivity contribution is -0.146. The average molecular weight is 398 g/mol. The van der Waals surface area contributed by atoms with Crippen LogP contribution in [0, 0.1) is 0 Å². The van der Waals surface area contributed by atoms with Crippen LogP contribution in [0.3, 0.4) is 0 Å². The number of imidazole rings is 1. The Kier molecular flexibility index (Phi) is 5.72. The Bertz CT molecular complexity index is 1150. The SMILES string of the molecule is CCOC(=O)[C@H](C)n1cnc2c1c(=O)n(CC)c(=O)n2-c1ccc(C(C)C)cc1. The van der Waals surface area contributed by atoms with Gasteiger partial charge < -0.3 is 9.30 Å². The molecule has 0 fully saturated rings. The van der Waals surface area contributed by atoms with E-state index in [4.69, 9.17) is 4.74 Å². The summed E-state index contributed by atoms with van der Waals surface area (Å²) >= 11 is 0. The zero-order valence-electron chi connectivity index (χ0n) is 17.4. The highest BCUT2D eigenvalue weighted by atomic mass is 16.5. The van der Waals surface area contributed by atoms with Gasteiger partial charge in [-0.15, -0.1) is 0 Å². The molecule has 8 nitrogen and oxygen atoms in total. The first-order valence-electron chi connectivity index (χ1n) is 9.81. The van der Waals surface area contributed by atoms with Crippen LogP contribution in [0.25, 0.3) is 16.9 Å². The molecule has 0 N–H and O–H groups in total. The maximum Gasteiger partial charge on any atom is 0.337 e. The van der Waals surface area contributed by atoms with E-state index in [2.05, 4.69) is 18.8 Å². The average Bonchev–Trinajstić information content (AvgIpc) is 3.13. The third-order valence-electron chi connectivity index (χ3n) is 5.04. The second kappa shape index (κ2) is 8.06. The Morgan fingerprint density at radius 2 is 1.76 bits per heavy atom. The number of esters is 1. The number of benzene rings is 1. The molecule has 0 aliphatic carbocycles. The van der Waals surface area contributed by atoms with Crippen molar-refractivity contribution in [3.63, 3.8) is 0 Å². The molecule has 8 heteroatoms. The summed E-state index contributed by atoms with van der Waals surface area (Å²) in [6.45, 7) is 9.72. The van der Waals surface area contributed by atoms with Crippen molar-refractivity contribution in [2.75, 3.05) is 6.61 Å². The molecular weight excluding hydrogens is 372 g/mol. The van der Waals surface area contributed by atoms with Crippen molar-refractivity contribution in [1.29, 1.82) is 0 Å². The summed E-state index contributed by atoms with van der Waals surface area (Å²) in [6, 6.07) is 6.85. The van der Waals surface area contributed by atoms with Crippen LogP contribution < -0.4 is 11.2 Å². The number of hydrogen-bond donors (Lipinski definition) is 0. The molecule has 154 valence electrons. The van der Waals surface area contributed by atoms with Crippen molar-refractivity contribution in [2.45, 2.75) is 53.1 Å². The van der Waals surface area contributed by atoms with Crippen LogP contribution in [-0.2, 0) is 16.1 Å². The maximum atomic E-state index is 13.1. The van der Waals surface area contributed by atoms with Crippen molar-refractivity contribution < 1.29 is 9.53 Å². The van der Waals surface area contributed by atoms with Crippen LogP contribution in [0.1, 0.15) is 52.1 Å². The number of hydrogen-bond acceptors (Lipinski definition) is 5. The van der Waals surface area contributed by atoms with Gasteiger partial charge in [0.1, 0.15) is 6.04 Å². The molecule has 29 heavy (non-hydrogen) atoms. The van der Waals surface area contributed by atoms with Crippen LogP contribution >= 0.6 is 0 Å². The lowest BCUT2D eigenvalue weighted by Gasteiger charge is -2.15. The molecule has 0 amide bonds. The molecule has 0 unspecified atom stereocenters. The molecule has 0 spiro atoms. The largest absolute Gasteiger partial charge is 0.464 e. The molecule has 0 saturated carbocycles. The smallest absolute Gasteiger partial charge is 0.337 e. The van der Waals surface area contributed by atoms with E-state index in [9.17, 15) is 14.4 Å². The second-order valence-corrected chi connectivity index (χ2v) is 7.17. The van der Waals surface area contributed by atoms with Crippen LogP contribution in [0.5, 0.6) is 0 Å². The third kappa shape index (κ3) is 3.50. The van der Waals surface area contributed by atoms with Gasteiger partial charge >= 0.3 is 11.7 Å². The summed E-state index contributed by atoms with van der Waals surface area (Å²) in [5.74, 6) is -0.108. The van der Waals surface area contributed by atoms with Gasteiger partial charge in [-0.1, -0.05) is 26.0 Å². The van der Waals surface area contributed by atoms with Crippen LogP contribution in [-0.4, -0.2) is 31.3 Å². The molecule has 2 aromatic heterocycles. The minimum Gasteiger partial charge on any atom is -0.464 e. The Morgan fingerprint density at radius 1 is 1.10 bits per heavy atom. The minimum atomic E-state index is -0.743. The molecule has 0 aliphatic heterocycles. The van der Waals surface area contributed by atoms with Gasteiger partial charge in [0.2, 0.25) is 0 Å². The normalized spacial score (nSPS) is 12.5. The van der Waals surface area contributed by atoms with Crippen molar-refractivity contribution in [2.24, 2.45) is 0 Å². The fourth-order valence-electron chi connectivity index (χ4n) is 3.34. The molecule has 1 atom stereocenters. The molecule has 3 aromatic rings. The Balaban J connectivity index is 2.30. The standard InChI is InChI=1S/C21H26N4O4/c1-6-23-19(26)17-18(22-12-24(17)14(5)20(27)29-7-2)25(21(23)28)16-10-8-15(9-11-16)13(3)4/h8-14H,6-7H2,1-5H3/t14-/m0/s1. The summed E-state index contributed by atoms with van der Waals surface area (Å²) in [5, 5.41) is 0. The zero-order chi connectivity index (χ0) is 21.3. The van der Waals surface area contributed by atoms with Gasteiger partial charge in [-0.25, -0.2) is 19.1 Å². The Morgan fingerprint density at radius 3 is 2.31 bits per heavy atom. The quantitative estimate of drug-likeness (QED) is 0.596. The molecule has 0 aliphatic rings. The second-order valence-electron chi connectivity index (χ2n) is 7.17. The first-order chi connectivity index (χ1) is 13.8. The number of aromatic nitrogens is 4. The van der Waals surface area contributed by atoms with Crippen LogP contribution in [0.15, 0.2) is 40.2 Å². The Hall–Kier alpha value is -3.16. The van der Waals surface area contributed by atoms with Gasteiger partial charge in [-0.05, 0) is 44.4 Å². The molecule has 1 aromatic carbocycles. The summed E-state index contributed by atoms with van der Waals surface area (Å²) < 4.78 is 9.12. The van der Waals surface area contributed by atoms with Crippen LogP contribution in [0.2, 0.25) is 0 Å². The topological polar surface area (TPSA) is 88.1 Å². The highest BCUT2D eigenvalue weighted by Crippen LogP contribution is 2.20. The first kappa shape index (κ1) is 20.6. The fourth-order valence-corrected chi connectivity index (χ4v) is 3.34. The monoisotopic (exact) mass is 398 g/mol. The van der Waals surface area contributed by atoms with Crippen molar-refractivity contribution in [1.82, 2.24) is 18.7 Å². The van der Waals surface area contributed by atoms with Crippen LogP contribution in [0.4, 0.5) is 0 Å². The first-order valence-corrected chi connectivity index (χ1v) is 9.81. The Labute approximate surface area is 168 Å². The highest BCUT2D eigenvalue weighted by molar-refractivity contribution is 5.79. The number of carbonyl (C=O) groups excluding carboxylic acids is 1. The number of carbonyl (C=O) groups is 1. The van der Waals surface area contributed by atoms with Gasteiger partial charge in [0.25, 0.3) is 5.56 Å². The van der Waals surface area contributed by atoms with E-state index < -0.39 is 23.3 Å². The molecule has 0 bridgehead atoms. The van der Waals surface area contributed by atoms with E-state index in [-0.39, 0.29) is 24.3 Å². The minimum absolute atomic E-state index is 0.194. The summed E-state index contributed by atoms with van der Waals surface area (Å²) in [6.07, 6.45) is 1.41. The van der Waals surface area contributed by atoms with Gasteiger partial charge in [0, 0.05) is 6.54 Å². The van der Waals surface area contributed by atoms with E-state index >= 15 is 0 Å². The maximum absolute atomic E-state index is 13.1. The number of fused-ring (bicyclic) bond motifs is 1. The molecule has 0 saturated heterocycles. The lowest BCUT2D eigenvalue weighted by Crippen LogP contribution is -2.40. The number of rotatable bonds is 6. The number of nitrogens with zero attached hydrogens (tertiary/aromatic N) is 4. The summed E-state index contributed by atoms with van der Waals surface area (Å²) in [5.41, 5.74) is 1.23. The van der Waals surface area contributed by atoms with Gasteiger partial charge in [-0.3, -0.25) is 9.36 Å². The van der Waals surface area contributed by atoms with E-state index in [0.29, 0.717) is 11.6 Å². The molecule has 2 heterocycles. The van der Waals surface area contributed by atoms with E-state index in [1.165, 1.54) is 15.5 Å². The van der Waals surface area contributed by atoms with E-state index in [1.807, 2.05) is 24.3 Å². The fraction of sp³-hybridized carbons (Fsp3) is 0.429. The lowest BCUT2D eigenvalue weighted by atomic mass is 10.0. The van der Waals surface area contributed by atoms with E-state index in [0.717, 1.165) is 10.1 Å². The van der Waals surface area contributed by atoms with Crippen molar-refractivity contribution in [3.05, 3.63) is 57.0 Å². The predicted molar refractivity (Wildman–Crippen MR) is 111 cm³/mol. The van der Waals surface area contributed by atoms with Gasteiger partial charge in [-0.2, -0.15) is 0 Å².